The summed E-state index contributed by atoms with van der Waals surface area (Å²) in [5.41, 5.74) is 0. The van der Waals surface area contributed by atoms with Crippen molar-refractivity contribution in [2.75, 3.05) is 0 Å². The molecule has 0 bridgehead atoms. The zero-order valence-electron chi connectivity index (χ0n) is 1.58. The van der Waals surface area contributed by atoms with Gasteiger partial charge >= 0.3 is 21.0 Å². The van der Waals surface area contributed by atoms with E-state index in [0.717, 1.165) is 17.4 Å². The molecule has 0 heterocycles. The first kappa shape index (κ1) is 17.6. The van der Waals surface area contributed by atoms with Gasteiger partial charge in [0.25, 0.3) is 0 Å². The summed E-state index contributed by atoms with van der Waals surface area (Å²) in [6, 6.07) is 0. The molecule has 27 valence electrons. The van der Waals surface area contributed by atoms with Gasteiger partial charge in [-0.25, -0.2) is 0 Å². The van der Waals surface area contributed by atoms with Gasteiger partial charge in [-0.1, -0.05) is 0 Å². The van der Waals surface area contributed by atoms with Gasteiger partial charge < -0.3 is 0 Å². The standard InChI is InChI=1S/Mo.Ni.O.V. The second kappa shape index (κ2) is 23.7. The molecule has 1 nitrogen and oxygen atoms in total. The van der Waals surface area contributed by atoms with Crippen molar-refractivity contribution < 1.29 is 58.6 Å². The molecule has 0 radical (unpaired) electrons. The van der Waals surface area contributed by atoms with E-state index in [1.165, 1.54) is 0 Å². The van der Waals surface area contributed by atoms with Gasteiger partial charge in [-0.05, 0) is 0 Å². The predicted octanol–water partition coefficient (Wildman–Crippen LogP) is -0.126. The molecule has 0 aliphatic heterocycles. The van der Waals surface area contributed by atoms with Crippen molar-refractivity contribution in [1.29, 1.82) is 0 Å². The van der Waals surface area contributed by atoms with Crippen LogP contribution >= 0.6 is 0 Å². The predicted molar refractivity (Wildman–Crippen MR) is 0.686 cm³/mol. The molecular formula is MoNiOV. The normalized spacial score (nSPS) is 0.750. The van der Waals surface area contributed by atoms with Crippen LogP contribution in [0.1, 0.15) is 0 Å². The summed E-state index contributed by atoms with van der Waals surface area (Å²) < 4.78 is 8.19. The summed E-state index contributed by atoms with van der Waals surface area (Å²) in [5.74, 6) is 0. The van der Waals surface area contributed by atoms with Gasteiger partial charge in [0, 0.05) is 37.6 Å². The molecule has 0 aromatic rings. The molecule has 0 aliphatic carbocycles. The first-order valence-corrected chi connectivity index (χ1v) is 0.753. The Bertz CT molecular complexity index is 8.00. The molecule has 0 atom stereocenters. The topological polar surface area (TPSA) is 17.1 Å². The Morgan fingerprint density at radius 3 is 1.25 bits per heavy atom. The summed E-state index contributed by atoms with van der Waals surface area (Å²) in [6.07, 6.45) is 0. The van der Waals surface area contributed by atoms with Crippen LogP contribution in [0.4, 0.5) is 0 Å². The van der Waals surface area contributed by atoms with Crippen LogP contribution in [-0.2, 0) is 58.6 Å². The molecule has 4 heavy (non-hydrogen) atoms. The van der Waals surface area contributed by atoms with E-state index >= 15 is 0 Å². The Morgan fingerprint density at radius 2 is 1.25 bits per heavy atom. The Balaban J connectivity index is -0.00000000500. The Kier molecular flexibility index (Phi) is 104. The zero-order chi connectivity index (χ0) is 2.00. The third-order valence-corrected chi connectivity index (χ3v) is 0. The SMILES string of the molecule is [Mo].[Ni].[O]=[V]. The van der Waals surface area contributed by atoms with Gasteiger partial charge in [0.2, 0.25) is 0 Å². The number of rotatable bonds is 0. The molecule has 0 spiro atoms. The van der Waals surface area contributed by atoms with E-state index in [-0.39, 0.29) is 37.6 Å². The molecule has 0 amide bonds. The molecule has 0 saturated carbocycles. The van der Waals surface area contributed by atoms with Gasteiger partial charge in [0.1, 0.15) is 0 Å². The molecule has 0 unspecified atom stereocenters. The van der Waals surface area contributed by atoms with E-state index in [9.17, 15) is 0 Å². The van der Waals surface area contributed by atoms with Crippen molar-refractivity contribution in [1.82, 2.24) is 0 Å². The van der Waals surface area contributed by atoms with E-state index in [1.54, 1.807) is 0 Å². The van der Waals surface area contributed by atoms with Crippen LogP contribution in [0, 0.1) is 0 Å². The summed E-state index contributed by atoms with van der Waals surface area (Å²) >= 11 is 1.06. The van der Waals surface area contributed by atoms with Crippen LogP contribution < -0.4 is 0 Å². The molecule has 0 fully saturated rings. The van der Waals surface area contributed by atoms with E-state index in [0.29, 0.717) is 0 Å². The molecule has 0 N–H and O–H groups in total. The second-order valence-electron chi connectivity index (χ2n) is 0. The minimum atomic E-state index is 0. The van der Waals surface area contributed by atoms with E-state index < -0.39 is 0 Å². The second-order valence-corrected chi connectivity index (χ2v) is 0. The van der Waals surface area contributed by atoms with Gasteiger partial charge in [0.15, 0.2) is 0 Å². The van der Waals surface area contributed by atoms with Crippen molar-refractivity contribution in [3.8, 4) is 0 Å². The van der Waals surface area contributed by atoms with E-state index in [1.807, 2.05) is 0 Å². The van der Waals surface area contributed by atoms with Gasteiger partial charge in [-0.2, -0.15) is 0 Å². The zero-order valence-corrected chi connectivity index (χ0v) is 5.97. The molecular weight excluding hydrogens is 222 g/mol. The van der Waals surface area contributed by atoms with Gasteiger partial charge in [-0.15, -0.1) is 0 Å². The monoisotopic (exact) mass is 223 g/mol. The maximum absolute atomic E-state index is 8.19. The molecule has 0 aromatic carbocycles. The summed E-state index contributed by atoms with van der Waals surface area (Å²) in [7, 11) is 0. The minimum absolute atomic E-state index is 0. The van der Waals surface area contributed by atoms with Crippen molar-refractivity contribution >= 4 is 0 Å². The number of hydrogen-bond donors (Lipinski definition) is 0. The molecule has 0 saturated heterocycles. The van der Waals surface area contributed by atoms with Crippen molar-refractivity contribution in [2.24, 2.45) is 0 Å². The van der Waals surface area contributed by atoms with Crippen LogP contribution in [0.2, 0.25) is 0 Å². The van der Waals surface area contributed by atoms with E-state index in [2.05, 4.69) is 0 Å². The molecule has 0 aromatic heterocycles. The van der Waals surface area contributed by atoms with Crippen LogP contribution in [0.5, 0.6) is 0 Å². The Hall–Kier alpha value is 1.57. The average Bonchev–Trinajstić information content (AvgIpc) is 1.00. The van der Waals surface area contributed by atoms with Gasteiger partial charge in [0.05, 0.1) is 0 Å². The van der Waals surface area contributed by atoms with Crippen molar-refractivity contribution in [2.45, 2.75) is 0 Å². The Labute approximate surface area is 58.3 Å². The molecule has 0 rings (SSSR count). The quantitative estimate of drug-likeness (QED) is 0.521. The molecule has 0 aliphatic rings. The van der Waals surface area contributed by atoms with Crippen LogP contribution in [0.15, 0.2) is 0 Å². The van der Waals surface area contributed by atoms with Crippen molar-refractivity contribution in [3.05, 3.63) is 0 Å². The Morgan fingerprint density at radius 1 is 1.25 bits per heavy atom. The van der Waals surface area contributed by atoms with Crippen LogP contribution in [0.3, 0.4) is 0 Å². The van der Waals surface area contributed by atoms with E-state index in [4.69, 9.17) is 3.67 Å². The average molecular weight is 222 g/mol. The fraction of sp³-hybridized carbons (Fsp3) is 0. The summed E-state index contributed by atoms with van der Waals surface area (Å²) in [5, 5.41) is 0. The van der Waals surface area contributed by atoms with Crippen LogP contribution in [-0.4, -0.2) is 0 Å². The van der Waals surface area contributed by atoms with Crippen molar-refractivity contribution in [3.63, 3.8) is 0 Å². The third kappa shape index (κ3) is 9.57. The maximum atomic E-state index is 8.19. The first-order valence-electron chi connectivity index (χ1n) is 0.183. The van der Waals surface area contributed by atoms with Gasteiger partial charge in [-0.3, -0.25) is 0 Å². The van der Waals surface area contributed by atoms with Crippen LogP contribution in [0.25, 0.3) is 0 Å². The summed E-state index contributed by atoms with van der Waals surface area (Å²) in [4.78, 5) is 0. The first-order chi connectivity index (χ1) is 1.00. The summed E-state index contributed by atoms with van der Waals surface area (Å²) in [6.45, 7) is 0. The number of hydrogen-bond acceptors (Lipinski definition) is 1. The third-order valence-electron chi connectivity index (χ3n) is 0. The fourth-order valence-corrected chi connectivity index (χ4v) is 0. The fourth-order valence-electron chi connectivity index (χ4n) is 0. The molecule has 4 heteroatoms.